The third-order valence-corrected chi connectivity index (χ3v) is 5.04. The fourth-order valence-electron chi connectivity index (χ4n) is 2.26. The molecule has 0 saturated heterocycles. The number of ether oxygens (including phenoxy) is 1. The summed E-state index contributed by atoms with van der Waals surface area (Å²) in [6.45, 7) is 1.88. The first-order chi connectivity index (χ1) is 13.9. The highest BCUT2D eigenvalue weighted by atomic mass is 32.2. The van der Waals surface area contributed by atoms with Crippen LogP contribution in [0.25, 0.3) is 6.08 Å². The Morgan fingerprint density at radius 1 is 1.17 bits per heavy atom. The highest BCUT2D eigenvalue weighted by Gasteiger charge is 2.15. The van der Waals surface area contributed by atoms with Gasteiger partial charge in [0, 0.05) is 17.3 Å². The molecule has 0 saturated carbocycles. The molecule has 8 heteroatoms. The van der Waals surface area contributed by atoms with Crippen molar-refractivity contribution < 1.29 is 22.7 Å². The third-order valence-electron chi connectivity index (χ3n) is 3.64. The van der Waals surface area contributed by atoms with Gasteiger partial charge in [-0.05, 0) is 48.9 Å². The van der Waals surface area contributed by atoms with E-state index in [9.17, 15) is 18.0 Å². The number of esters is 1. The van der Waals surface area contributed by atoms with Gasteiger partial charge in [-0.15, -0.1) is 6.42 Å². The summed E-state index contributed by atoms with van der Waals surface area (Å²) in [6, 6.07) is 12.4. The first kappa shape index (κ1) is 21.9. The molecule has 2 N–H and O–H groups in total. The molecule has 2 aromatic rings. The van der Waals surface area contributed by atoms with Gasteiger partial charge in [0.05, 0.1) is 18.0 Å². The molecule has 2 aromatic carbocycles. The van der Waals surface area contributed by atoms with Gasteiger partial charge in [0.25, 0.3) is 5.91 Å². The summed E-state index contributed by atoms with van der Waals surface area (Å²) < 4.78 is 31.3. The van der Waals surface area contributed by atoms with Crippen molar-refractivity contribution in [3.63, 3.8) is 0 Å². The smallest absolute Gasteiger partial charge is 0.330 e. The predicted molar refractivity (Wildman–Crippen MR) is 111 cm³/mol. The Morgan fingerprint density at radius 3 is 2.55 bits per heavy atom. The van der Waals surface area contributed by atoms with Crippen LogP contribution in [0.15, 0.2) is 59.5 Å². The van der Waals surface area contributed by atoms with Crippen molar-refractivity contribution in [2.75, 3.05) is 18.5 Å². The molecule has 0 unspecified atom stereocenters. The number of terminal acetylenes is 1. The molecule has 2 rings (SSSR count). The molecule has 0 aliphatic carbocycles. The van der Waals surface area contributed by atoms with Crippen molar-refractivity contribution in [1.29, 1.82) is 0 Å². The second-order valence-electron chi connectivity index (χ2n) is 5.72. The minimum absolute atomic E-state index is 0.0557. The molecule has 1 amide bonds. The third kappa shape index (κ3) is 6.60. The zero-order valence-corrected chi connectivity index (χ0v) is 16.5. The fraction of sp³-hybridized carbons (Fsp3) is 0.143. The van der Waals surface area contributed by atoms with Crippen LogP contribution in [0.1, 0.15) is 22.8 Å². The van der Waals surface area contributed by atoms with Gasteiger partial charge in [0.15, 0.2) is 0 Å². The van der Waals surface area contributed by atoms with Crippen LogP contribution >= 0.6 is 0 Å². The number of anilines is 1. The minimum atomic E-state index is -3.79. The molecule has 0 heterocycles. The molecule has 0 spiro atoms. The maximum absolute atomic E-state index is 12.4. The van der Waals surface area contributed by atoms with Crippen LogP contribution in [0.3, 0.4) is 0 Å². The summed E-state index contributed by atoms with van der Waals surface area (Å²) in [6.07, 6.45) is 7.98. The molecule has 0 aromatic heterocycles. The van der Waals surface area contributed by atoms with E-state index in [1.54, 1.807) is 37.3 Å². The SMILES string of the molecule is C#CCNS(=O)(=O)c1cccc(C(=O)Nc2ccc(/C=C/C(=O)OCC)cc2)c1. The van der Waals surface area contributed by atoms with Gasteiger partial charge in [-0.1, -0.05) is 24.1 Å². The van der Waals surface area contributed by atoms with Gasteiger partial charge in [0.2, 0.25) is 10.0 Å². The van der Waals surface area contributed by atoms with Gasteiger partial charge < -0.3 is 10.1 Å². The maximum atomic E-state index is 12.4. The van der Waals surface area contributed by atoms with E-state index in [0.717, 1.165) is 5.56 Å². The summed E-state index contributed by atoms with van der Waals surface area (Å²) in [5.41, 5.74) is 1.45. The molecular weight excluding hydrogens is 392 g/mol. The van der Waals surface area contributed by atoms with Gasteiger partial charge >= 0.3 is 5.97 Å². The van der Waals surface area contributed by atoms with Crippen molar-refractivity contribution in [3.05, 3.63) is 65.7 Å². The molecule has 0 atom stereocenters. The Labute approximate surface area is 169 Å². The second kappa shape index (κ2) is 10.2. The molecule has 0 fully saturated rings. The Bertz CT molecular complexity index is 1050. The summed E-state index contributed by atoms with van der Waals surface area (Å²) in [5, 5.41) is 2.69. The normalized spacial score (nSPS) is 11.0. The minimum Gasteiger partial charge on any atom is -0.463 e. The average Bonchev–Trinajstić information content (AvgIpc) is 2.72. The second-order valence-corrected chi connectivity index (χ2v) is 7.48. The number of amides is 1. The van der Waals surface area contributed by atoms with Crippen LogP contribution in [0, 0.1) is 12.3 Å². The Balaban J connectivity index is 2.08. The lowest BCUT2D eigenvalue weighted by molar-refractivity contribution is -0.137. The van der Waals surface area contributed by atoms with Crippen molar-refractivity contribution in [3.8, 4) is 12.3 Å². The fourth-order valence-corrected chi connectivity index (χ4v) is 3.24. The number of sulfonamides is 1. The lowest BCUT2D eigenvalue weighted by Gasteiger charge is -2.08. The molecule has 0 aliphatic heterocycles. The number of benzene rings is 2. The summed E-state index contributed by atoms with van der Waals surface area (Å²) >= 11 is 0. The lowest BCUT2D eigenvalue weighted by atomic mass is 10.1. The number of hydrogen-bond acceptors (Lipinski definition) is 5. The topological polar surface area (TPSA) is 102 Å². The largest absolute Gasteiger partial charge is 0.463 e. The van der Waals surface area contributed by atoms with Gasteiger partial charge in [-0.2, -0.15) is 4.72 Å². The summed E-state index contributed by atoms with van der Waals surface area (Å²) in [4.78, 5) is 23.7. The zero-order valence-electron chi connectivity index (χ0n) is 15.7. The lowest BCUT2D eigenvalue weighted by Crippen LogP contribution is -2.24. The van der Waals surface area contributed by atoms with Crippen LogP contribution in [-0.4, -0.2) is 33.4 Å². The van der Waals surface area contributed by atoms with Crippen LogP contribution < -0.4 is 10.0 Å². The molecule has 29 heavy (non-hydrogen) atoms. The van der Waals surface area contributed by atoms with E-state index in [0.29, 0.717) is 12.3 Å². The van der Waals surface area contributed by atoms with Gasteiger partial charge in [-0.3, -0.25) is 4.79 Å². The molecular formula is C21H20N2O5S. The van der Waals surface area contributed by atoms with Crippen LogP contribution in [0.4, 0.5) is 5.69 Å². The van der Waals surface area contributed by atoms with E-state index in [1.165, 1.54) is 30.3 Å². The number of carbonyl (C=O) groups excluding carboxylic acids is 2. The number of carbonyl (C=O) groups is 2. The molecule has 0 radical (unpaired) electrons. The van der Waals surface area contributed by atoms with Crippen LogP contribution in [-0.2, 0) is 19.6 Å². The molecule has 0 bridgehead atoms. The Morgan fingerprint density at radius 2 is 1.90 bits per heavy atom. The van der Waals surface area contributed by atoms with Gasteiger partial charge in [0.1, 0.15) is 0 Å². The number of hydrogen-bond donors (Lipinski definition) is 2. The molecule has 7 nitrogen and oxygen atoms in total. The standard InChI is InChI=1S/C21H20N2O5S/c1-3-14-22-29(26,27)19-7-5-6-17(15-19)21(25)23-18-11-8-16(9-12-18)10-13-20(24)28-4-2/h1,5-13,15,22H,4,14H2,2H3,(H,23,25)/b13-10+. The average molecular weight is 412 g/mol. The first-order valence-corrected chi connectivity index (χ1v) is 10.1. The van der Waals surface area contributed by atoms with Crippen molar-refractivity contribution in [2.24, 2.45) is 0 Å². The molecule has 150 valence electrons. The number of rotatable bonds is 8. The highest BCUT2D eigenvalue weighted by molar-refractivity contribution is 7.89. The van der Waals surface area contributed by atoms with E-state index >= 15 is 0 Å². The summed E-state index contributed by atoms with van der Waals surface area (Å²) in [5.74, 6) is 1.29. The highest BCUT2D eigenvalue weighted by Crippen LogP contribution is 2.15. The first-order valence-electron chi connectivity index (χ1n) is 8.65. The maximum Gasteiger partial charge on any atom is 0.330 e. The summed E-state index contributed by atoms with van der Waals surface area (Å²) in [7, 11) is -3.79. The van der Waals surface area contributed by atoms with E-state index in [2.05, 4.69) is 16.0 Å². The van der Waals surface area contributed by atoms with E-state index in [-0.39, 0.29) is 17.0 Å². The van der Waals surface area contributed by atoms with E-state index in [1.807, 2.05) is 0 Å². The van der Waals surface area contributed by atoms with Crippen molar-refractivity contribution in [1.82, 2.24) is 4.72 Å². The van der Waals surface area contributed by atoms with Crippen LogP contribution in [0.5, 0.6) is 0 Å². The van der Waals surface area contributed by atoms with E-state index < -0.39 is 21.9 Å². The predicted octanol–water partition coefficient (Wildman–Crippen LogP) is 2.43. The van der Waals surface area contributed by atoms with Crippen LogP contribution in [0.2, 0.25) is 0 Å². The van der Waals surface area contributed by atoms with Crippen molar-refractivity contribution in [2.45, 2.75) is 11.8 Å². The Kier molecular flexibility index (Phi) is 7.71. The molecule has 0 aliphatic rings. The van der Waals surface area contributed by atoms with Crippen molar-refractivity contribution >= 4 is 33.7 Å². The Hall–Kier alpha value is -3.41. The van der Waals surface area contributed by atoms with Gasteiger partial charge in [-0.25, -0.2) is 13.2 Å². The monoisotopic (exact) mass is 412 g/mol. The van der Waals surface area contributed by atoms with E-state index in [4.69, 9.17) is 11.2 Å². The zero-order chi connectivity index (χ0) is 21.3. The quantitative estimate of drug-likeness (QED) is 0.394. The number of nitrogens with one attached hydrogen (secondary N) is 2.